The lowest BCUT2D eigenvalue weighted by Crippen LogP contribution is -2.49. The summed E-state index contributed by atoms with van der Waals surface area (Å²) in [5, 5.41) is 10.8. The van der Waals surface area contributed by atoms with Crippen molar-refractivity contribution in [1.29, 1.82) is 0 Å². The van der Waals surface area contributed by atoms with E-state index in [4.69, 9.17) is 4.42 Å². The molecule has 0 radical (unpaired) electrons. The average molecular weight is 316 g/mol. The van der Waals surface area contributed by atoms with E-state index in [9.17, 15) is 14.9 Å². The van der Waals surface area contributed by atoms with Crippen LogP contribution in [0, 0.1) is 17.0 Å². The van der Waals surface area contributed by atoms with Crippen LogP contribution in [0.3, 0.4) is 0 Å². The molecule has 8 nitrogen and oxygen atoms in total. The second-order valence-corrected chi connectivity index (χ2v) is 5.35. The lowest BCUT2D eigenvalue weighted by Gasteiger charge is -2.35. The number of aromatic nitrogens is 1. The van der Waals surface area contributed by atoms with Gasteiger partial charge < -0.3 is 14.2 Å². The Labute approximate surface area is 132 Å². The van der Waals surface area contributed by atoms with E-state index >= 15 is 0 Å². The zero-order valence-electron chi connectivity index (χ0n) is 12.6. The number of piperazine rings is 1. The Morgan fingerprint density at radius 2 is 2.09 bits per heavy atom. The highest BCUT2D eigenvalue weighted by atomic mass is 16.6. The van der Waals surface area contributed by atoms with E-state index in [-0.39, 0.29) is 11.6 Å². The van der Waals surface area contributed by atoms with E-state index in [1.807, 2.05) is 4.90 Å². The summed E-state index contributed by atoms with van der Waals surface area (Å²) in [6.07, 6.45) is 2.75. The molecule has 0 aliphatic carbocycles. The van der Waals surface area contributed by atoms with Gasteiger partial charge >= 0.3 is 0 Å². The molecular weight excluding hydrogens is 300 g/mol. The number of pyridine rings is 1. The molecule has 0 atom stereocenters. The molecule has 1 aliphatic heterocycles. The summed E-state index contributed by atoms with van der Waals surface area (Å²) in [4.78, 5) is 30.5. The number of aryl methyl sites for hydroxylation is 1. The normalized spacial score (nSPS) is 14.8. The van der Waals surface area contributed by atoms with Gasteiger partial charge in [-0.15, -0.1) is 0 Å². The number of nitrogens with zero attached hydrogens (tertiary/aromatic N) is 4. The predicted molar refractivity (Wildman–Crippen MR) is 82.5 cm³/mol. The Kier molecular flexibility index (Phi) is 3.96. The highest BCUT2D eigenvalue weighted by molar-refractivity contribution is 5.91. The first-order valence-electron chi connectivity index (χ1n) is 7.25. The van der Waals surface area contributed by atoms with Crippen molar-refractivity contribution in [3.8, 4) is 0 Å². The molecule has 3 heterocycles. The molecule has 2 aromatic heterocycles. The van der Waals surface area contributed by atoms with Crippen molar-refractivity contribution in [3.05, 3.63) is 52.1 Å². The van der Waals surface area contributed by atoms with Gasteiger partial charge in [0.1, 0.15) is 12.0 Å². The highest BCUT2D eigenvalue weighted by Gasteiger charge is 2.25. The monoisotopic (exact) mass is 316 g/mol. The van der Waals surface area contributed by atoms with E-state index in [1.54, 1.807) is 24.0 Å². The molecule has 3 rings (SSSR count). The SMILES string of the molecule is Cc1cc([N+](=O)[O-])cnc1N1CCN(C(=O)c2ccco2)CC1. The standard InChI is InChI=1S/C15H16N4O4/c1-11-9-12(19(21)22)10-16-14(11)17-4-6-18(7-5-17)15(20)13-3-2-8-23-13/h2-3,8-10H,4-7H2,1H3. The van der Waals surface area contributed by atoms with E-state index in [2.05, 4.69) is 4.98 Å². The third-order valence-corrected chi connectivity index (χ3v) is 3.85. The second kappa shape index (κ2) is 6.07. The second-order valence-electron chi connectivity index (χ2n) is 5.35. The fraction of sp³-hybridized carbons (Fsp3) is 0.333. The Morgan fingerprint density at radius 3 is 2.65 bits per heavy atom. The molecule has 23 heavy (non-hydrogen) atoms. The predicted octanol–water partition coefficient (Wildman–Crippen LogP) is 1.85. The lowest BCUT2D eigenvalue weighted by atomic mass is 10.2. The molecule has 1 amide bonds. The van der Waals surface area contributed by atoms with E-state index in [0.717, 1.165) is 11.4 Å². The van der Waals surface area contributed by atoms with Crippen LogP contribution in [0.25, 0.3) is 0 Å². The quantitative estimate of drug-likeness (QED) is 0.634. The summed E-state index contributed by atoms with van der Waals surface area (Å²) in [5.74, 6) is 0.937. The van der Waals surface area contributed by atoms with Gasteiger partial charge in [-0.3, -0.25) is 14.9 Å². The molecule has 2 aromatic rings. The minimum absolute atomic E-state index is 0.0158. The van der Waals surface area contributed by atoms with Crippen LogP contribution >= 0.6 is 0 Å². The van der Waals surface area contributed by atoms with Gasteiger partial charge in [-0.1, -0.05) is 0 Å². The third-order valence-electron chi connectivity index (χ3n) is 3.85. The number of hydrogen-bond donors (Lipinski definition) is 0. The minimum atomic E-state index is -0.455. The van der Waals surface area contributed by atoms with E-state index in [1.165, 1.54) is 18.5 Å². The summed E-state index contributed by atoms with van der Waals surface area (Å²) in [5.41, 5.74) is 0.739. The van der Waals surface area contributed by atoms with Crippen LogP contribution in [0.2, 0.25) is 0 Å². The molecule has 0 N–H and O–H groups in total. The molecule has 0 unspecified atom stereocenters. The summed E-state index contributed by atoms with van der Waals surface area (Å²) in [6.45, 7) is 4.15. The van der Waals surface area contributed by atoms with Crippen LogP contribution in [0.5, 0.6) is 0 Å². The first-order chi connectivity index (χ1) is 11.1. The molecule has 1 saturated heterocycles. The number of hydrogen-bond acceptors (Lipinski definition) is 6. The van der Waals surface area contributed by atoms with Crippen LogP contribution in [0.15, 0.2) is 35.1 Å². The molecule has 0 aromatic carbocycles. The van der Waals surface area contributed by atoms with Gasteiger partial charge in [0.05, 0.1) is 11.2 Å². The Balaban J connectivity index is 1.67. The van der Waals surface area contributed by atoms with Crippen molar-refractivity contribution in [2.24, 2.45) is 0 Å². The van der Waals surface area contributed by atoms with Gasteiger partial charge in [-0.25, -0.2) is 4.98 Å². The van der Waals surface area contributed by atoms with Gasteiger partial charge in [0, 0.05) is 32.2 Å². The molecule has 120 valence electrons. The van der Waals surface area contributed by atoms with Crippen LogP contribution in [-0.4, -0.2) is 46.9 Å². The number of furan rings is 1. The molecule has 0 saturated carbocycles. The van der Waals surface area contributed by atoms with Gasteiger partial charge in [0.25, 0.3) is 11.6 Å². The smallest absolute Gasteiger partial charge is 0.289 e. The van der Waals surface area contributed by atoms with E-state index in [0.29, 0.717) is 31.9 Å². The Bertz CT molecular complexity index is 721. The van der Waals surface area contributed by atoms with Crippen molar-refractivity contribution >= 4 is 17.4 Å². The fourth-order valence-electron chi connectivity index (χ4n) is 2.66. The van der Waals surface area contributed by atoms with Gasteiger partial charge in [-0.2, -0.15) is 0 Å². The zero-order valence-corrected chi connectivity index (χ0v) is 12.6. The van der Waals surface area contributed by atoms with Crippen LogP contribution < -0.4 is 4.90 Å². The number of carbonyl (C=O) groups is 1. The first-order valence-corrected chi connectivity index (χ1v) is 7.25. The fourth-order valence-corrected chi connectivity index (χ4v) is 2.66. The molecule has 8 heteroatoms. The number of amides is 1. The van der Waals surface area contributed by atoms with Crippen molar-refractivity contribution in [2.75, 3.05) is 31.1 Å². The Hall–Kier alpha value is -2.90. The van der Waals surface area contributed by atoms with Gasteiger partial charge in [-0.05, 0) is 24.6 Å². The maximum absolute atomic E-state index is 12.2. The summed E-state index contributed by atoms with van der Waals surface area (Å²) in [7, 11) is 0. The maximum Gasteiger partial charge on any atom is 0.289 e. The van der Waals surface area contributed by atoms with Crippen molar-refractivity contribution in [1.82, 2.24) is 9.88 Å². The van der Waals surface area contributed by atoms with Crippen LogP contribution in [0.4, 0.5) is 11.5 Å². The van der Waals surface area contributed by atoms with Crippen molar-refractivity contribution < 1.29 is 14.1 Å². The van der Waals surface area contributed by atoms with Crippen LogP contribution in [0.1, 0.15) is 16.1 Å². The zero-order chi connectivity index (χ0) is 16.4. The largest absolute Gasteiger partial charge is 0.459 e. The van der Waals surface area contributed by atoms with Crippen molar-refractivity contribution in [2.45, 2.75) is 6.92 Å². The first kappa shape index (κ1) is 15.0. The summed E-state index contributed by atoms with van der Waals surface area (Å²) < 4.78 is 5.13. The molecule has 1 aliphatic rings. The maximum atomic E-state index is 12.2. The minimum Gasteiger partial charge on any atom is -0.459 e. The van der Waals surface area contributed by atoms with Gasteiger partial charge in [0.15, 0.2) is 5.76 Å². The van der Waals surface area contributed by atoms with Crippen molar-refractivity contribution in [3.63, 3.8) is 0 Å². The average Bonchev–Trinajstić information content (AvgIpc) is 3.08. The molecule has 0 bridgehead atoms. The Morgan fingerprint density at radius 1 is 1.35 bits per heavy atom. The van der Waals surface area contributed by atoms with Crippen LogP contribution in [-0.2, 0) is 0 Å². The highest BCUT2D eigenvalue weighted by Crippen LogP contribution is 2.23. The third kappa shape index (κ3) is 3.01. The molecule has 0 spiro atoms. The van der Waals surface area contributed by atoms with Gasteiger partial charge in [0.2, 0.25) is 0 Å². The number of carbonyl (C=O) groups excluding carboxylic acids is 1. The number of rotatable bonds is 3. The van der Waals surface area contributed by atoms with E-state index < -0.39 is 4.92 Å². The molecule has 1 fully saturated rings. The molecular formula is C15H16N4O4. The summed E-state index contributed by atoms with van der Waals surface area (Å²) in [6, 6.07) is 4.85. The number of anilines is 1. The summed E-state index contributed by atoms with van der Waals surface area (Å²) >= 11 is 0. The topological polar surface area (TPSA) is 92.7 Å². The number of nitro groups is 1. The lowest BCUT2D eigenvalue weighted by molar-refractivity contribution is -0.385.